The summed E-state index contributed by atoms with van der Waals surface area (Å²) in [6, 6.07) is 23.4. The number of sulfone groups is 1. The van der Waals surface area contributed by atoms with Crippen molar-refractivity contribution in [3.63, 3.8) is 0 Å². The second kappa shape index (κ2) is 10.0. The Labute approximate surface area is 214 Å². The molecule has 0 radical (unpaired) electrons. The third-order valence-electron chi connectivity index (χ3n) is 5.97. The fraction of sp³-hybridized carbons (Fsp3) is 0.192. The van der Waals surface area contributed by atoms with Gasteiger partial charge in [0, 0.05) is 37.7 Å². The van der Waals surface area contributed by atoms with Crippen LogP contribution in [-0.4, -0.2) is 44.5 Å². The van der Waals surface area contributed by atoms with Crippen LogP contribution in [0.15, 0.2) is 93.2 Å². The highest BCUT2D eigenvalue weighted by molar-refractivity contribution is 7.91. The molecule has 35 heavy (non-hydrogen) atoms. The van der Waals surface area contributed by atoms with Gasteiger partial charge in [0.15, 0.2) is 0 Å². The fourth-order valence-corrected chi connectivity index (χ4v) is 5.76. The number of aromatic nitrogens is 1. The zero-order valence-corrected chi connectivity index (χ0v) is 21.1. The van der Waals surface area contributed by atoms with Crippen molar-refractivity contribution >= 4 is 38.9 Å². The molecule has 1 aromatic heterocycles. The molecule has 0 aliphatic carbocycles. The lowest BCUT2D eigenvalue weighted by molar-refractivity contribution is 0.245. The lowest BCUT2D eigenvalue weighted by Crippen LogP contribution is -2.46. The number of oxazole rings is 1. The van der Waals surface area contributed by atoms with E-state index in [-0.39, 0.29) is 21.7 Å². The summed E-state index contributed by atoms with van der Waals surface area (Å²) in [5.74, 6) is 0.402. The second-order valence-electron chi connectivity index (χ2n) is 8.32. The van der Waals surface area contributed by atoms with Crippen LogP contribution < -0.4 is 4.90 Å². The predicted molar refractivity (Wildman–Crippen MR) is 138 cm³/mol. The summed E-state index contributed by atoms with van der Waals surface area (Å²) in [6.45, 7) is 3.57. The van der Waals surface area contributed by atoms with Crippen molar-refractivity contribution in [3.8, 4) is 11.5 Å². The van der Waals surface area contributed by atoms with E-state index in [9.17, 15) is 8.42 Å². The standard InChI is InChI=1S/C26H23Cl2N3O3S/c27-20-10-12-21(13-11-20)35(32,33)25-26(34-24(29-25)22-8-4-5-9-23(22)28)31-16-14-30(15-17-31)18-19-6-2-1-3-7-19/h1-13H,14-18H2. The maximum Gasteiger partial charge on any atom is 0.236 e. The van der Waals surface area contributed by atoms with E-state index >= 15 is 0 Å². The first kappa shape index (κ1) is 23.9. The van der Waals surface area contributed by atoms with E-state index in [2.05, 4.69) is 22.0 Å². The molecular formula is C26H23Cl2N3O3S. The Kier molecular flexibility index (Phi) is 6.84. The van der Waals surface area contributed by atoms with E-state index in [4.69, 9.17) is 27.6 Å². The molecule has 1 saturated heterocycles. The van der Waals surface area contributed by atoms with Crippen molar-refractivity contribution in [2.45, 2.75) is 16.5 Å². The summed E-state index contributed by atoms with van der Waals surface area (Å²) < 4.78 is 33.3. The van der Waals surface area contributed by atoms with Crippen molar-refractivity contribution in [2.24, 2.45) is 0 Å². The van der Waals surface area contributed by atoms with Crippen LogP contribution in [0.3, 0.4) is 0 Å². The minimum absolute atomic E-state index is 0.102. The van der Waals surface area contributed by atoms with Crippen molar-refractivity contribution in [1.29, 1.82) is 0 Å². The van der Waals surface area contributed by atoms with E-state index < -0.39 is 9.84 Å². The van der Waals surface area contributed by atoms with E-state index in [1.54, 1.807) is 36.4 Å². The fourth-order valence-electron chi connectivity index (χ4n) is 4.10. The van der Waals surface area contributed by atoms with Gasteiger partial charge >= 0.3 is 0 Å². The van der Waals surface area contributed by atoms with Gasteiger partial charge in [0.05, 0.1) is 15.5 Å². The largest absolute Gasteiger partial charge is 0.419 e. The molecule has 0 N–H and O–H groups in total. The molecule has 180 valence electrons. The van der Waals surface area contributed by atoms with Gasteiger partial charge in [-0.25, -0.2) is 8.42 Å². The molecule has 0 spiro atoms. The number of hydrogen-bond acceptors (Lipinski definition) is 6. The summed E-state index contributed by atoms with van der Waals surface area (Å²) in [5, 5.41) is 0.769. The third-order valence-corrected chi connectivity index (χ3v) is 8.22. The molecule has 4 aromatic rings. The van der Waals surface area contributed by atoms with E-state index in [1.165, 1.54) is 17.7 Å². The number of anilines is 1. The predicted octanol–water partition coefficient (Wildman–Crippen LogP) is 5.80. The molecule has 1 aliphatic rings. The minimum Gasteiger partial charge on any atom is -0.419 e. The number of nitrogens with zero attached hydrogens (tertiary/aromatic N) is 3. The molecule has 1 aliphatic heterocycles. The maximum atomic E-state index is 13.6. The van der Waals surface area contributed by atoms with Crippen molar-refractivity contribution in [3.05, 3.63) is 94.5 Å². The molecule has 9 heteroatoms. The Balaban J connectivity index is 1.48. The van der Waals surface area contributed by atoms with Crippen LogP contribution >= 0.6 is 23.2 Å². The molecule has 2 heterocycles. The van der Waals surface area contributed by atoms with Crippen LogP contribution in [0.1, 0.15) is 5.56 Å². The Hall–Kier alpha value is -2.84. The Morgan fingerprint density at radius 1 is 0.829 bits per heavy atom. The Morgan fingerprint density at radius 2 is 1.49 bits per heavy atom. The van der Waals surface area contributed by atoms with Crippen LogP contribution in [0.25, 0.3) is 11.5 Å². The zero-order valence-electron chi connectivity index (χ0n) is 18.8. The first-order valence-electron chi connectivity index (χ1n) is 11.2. The molecule has 0 amide bonds. The smallest absolute Gasteiger partial charge is 0.236 e. The molecule has 0 saturated carbocycles. The molecular weight excluding hydrogens is 505 g/mol. The molecule has 5 rings (SSSR count). The highest BCUT2D eigenvalue weighted by Gasteiger charge is 2.33. The van der Waals surface area contributed by atoms with E-state index in [0.717, 1.165) is 19.6 Å². The second-order valence-corrected chi connectivity index (χ2v) is 11.0. The third kappa shape index (κ3) is 5.09. The normalized spacial score (nSPS) is 14.9. The van der Waals surface area contributed by atoms with Gasteiger partial charge in [-0.2, -0.15) is 4.98 Å². The maximum absolute atomic E-state index is 13.6. The first-order valence-corrected chi connectivity index (χ1v) is 13.4. The van der Waals surface area contributed by atoms with E-state index in [0.29, 0.717) is 28.7 Å². The van der Waals surface area contributed by atoms with Gasteiger partial charge in [-0.05, 0) is 42.0 Å². The molecule has 0 unspecified atom stereocenters. The van der Waals surface area contributed by atoms with Gasteiger partial charge in [0.25, 0.3) is 0 Å². The van der Waals surface area contributed by atoms with Crippen LogP contribution in [0.5, 0.6) is 0 Å². The van der Waals surface area contributed by atoms with Gasteiger partial charge < -0.3 is 9.32 Å². The molecule has 1 fully saturated rings. The summed E-state index contributed by atoms with van der Waals surface area (Å²) >= 11 is 12.3. The van der Waals surface area contributed by atoms with Crippen LogP contribution in [0.2, 0.25) is 10.0 Å². The van der Waals surface area contributed by atoms with Crippen LogP contribution in [0.4, 0.5) is 5.88 Å². The van der Waals surface area contributed by atoms with Crippen LogP contribution in [0, 0.1) is 0 Å². The van der Waals surface area contributed by atoms with Gasteiger partial charge in [-0.3, -0.25) is 4.90 Å². The number of piperazine rings is 1. The summed E-state index contributed by atoms with van der Waals surface area (Å²) in [6.07, 6.45) is 0. The lowest BCUT2D eigenvalue weighted by Gasteiger charge is -2.34. The molecule has 3 aromatic carbocycles. The van der Waals surface area contributed by atoms with Gasteiger partial charge in [-0.15, -0.1) is 0 Å². The quantitative estimate of drug-likeness (QED) is 0.315. The zero-order chi connectivity index (χ0) is 24.4. The summed E-state index contributed by atoms with van der Waals surface area (Å²) in [5.41, 5.74) is 1.78. The number of halogens is 2. The Morgan fingerprint density at radius 3 is 2.17 bits per heavy atom. The highest BCUT2D eigenvalue weighted by Crippen LogP contribution is 2.37. The van der Waals surface area contributed by atoms with Crippen molar-refractivity contribution < 1.29 is 12.8 Å². The average Bonchev–Trinajstić information content (AvgIpc) is 3.32. The minimum atomic E-state index is -3.96. The molecule has 0 atom stereocenters. The topological polar surface area (TPSA) is 66.7 Å². The lowest BCUT2D eigenvalue weighted by atomic mass is 10.2. The van der Waals surface area contributed by atoms with Crippen LogP contribution in [-0.2, 0) is 16.4 Å². The van der Waals surface area contributed by atoms with Gasteiger partial charge in [0.2, 0.25) is 26.6 Å². The van der Waals surface area contributed by atoms with Crippen molar-refractivity contribution in [1.82, 2.24) is 9.88 Å². The SMILES string of the molecule is O=S(=O)(c1ccc(Cl)cc1)c1nc(-c2ccccc2Cl)oc1N1CCN(Cc2ccccc2)CC1. The molecule has 0 bridgehead atoms. The first-order chi connectivity index (χ1) is 16.9. The van der Waals surface area contributed by atoms with Crippen molar-refractivity contribution in [2.75, 3.05) is 31.1 Å². The van der Waals surface area contributed by atoms with Gasteiger partial charge in [-0.1, -0.05) is 65.7 Å². The highest BCUT2D eigenvalue weighted by atomic mass is 35.5. The molecule has 6 nitrogen and oxygen atoms in total. The Bertz CT molecular complexity index is 1420. The summed E-state index contributed by atoms with van der Waals surface area (Å²) in [7, 11) is -3.96. The monoisotopic (exact) mass is 527 g/mol. The number of benzene rings is 3. The van der Waals surface area contributed by atoms with Gasteiger partial charge in [0.1, 0.15) is 0 Å². The number of rotatable bonds is 6. The van der Waals surface area contributed by atoms with E-state index in [1.807, 2.05) is 23.1 Å². The number of hydrogen-bond donors (Lipinski definition) is 0. The summed E-state index contributed by atoms with van der Waals surface area (Å²) in [4.78, 5) is 8.83. The average molecular weight is 528 g/mol.